The molecule has 0 aliphatic heterocycles. The highest BCUT2D eigenvalue weighted by Crippen LogP contribution is 1.99. The van der Waals surface area contributed by atoms with Crippen LogP contribution in [0.3, 0.4) is 0 Å². The van der Waals surface area contributed by atoms with Crippen molar-refractivity contribution in [2.45, 2.75) is 6.92 Å². The van der Waals surface area contributed by atoms with E-state index in [1.54, 1.807) is 0 Å². The molecule has 0 spiro atoms. The third kappa shape index (κ3) is 3.37. The zero-order valence-corrected chi connectivity index (χ0v) is 7.90. The molecule has 14 heavy (non-hydrogen) atoms. The van der Waals surface area contributed by atoms with Crippen LogP contribution in [0, 0.1) is 6.92 Å². The lowest BCUT2D eigenvalue weighted by molar-refractivity contribution is -0.123. The molecule has 0 atom stereocenters. The minimum absolute atomic E-state index is 0.520. The van der Waals surface area contributed by atoms with E-state index in [2.05, 4.69) is 10.5 Å². The number of carbonyl (C=O) groups is 1. The number of nitrogens with one attached hydrogen (secondary N) is 1. The molecule has 0 radical (unpaired) electrons. The second kappa shape index (κ2) is 5.14. The maximum Gasteiger partial charge on any atom is 0.265 e. The topological polar surface area (TPSA) is 61.7 Å². The number of benzene rings is 1. The van der Waals surface area contributed by atoms with Crippen molar-refractivity contribution in [3.8, 4) is 0 Å². The first-order valence-corrected chi connectivity index (χ1v) is 4.22. The van der Waals surface area contributed by atoms with Gasteiger partial charge in [0, 0.05) is 0 Å². The molecular weight excluding hydrogens is 180 g/mol. The Morgan fingerprint density at radius 3 is 2.71 bits per heavy atom. The zero-order chi connectivity index (χ0) is 10.4. The van der Waals surface area contributed by atoms with Gasteiger partial charge in [0.2, 0.25) is 0 Å². The Labute approximate surface area is 82.3 Å². The number of hydrazone groups is 1. The normalized spacial score (nSPS) is 10.4. The lowest BCUT2D eigenvalue weighted by Crippen LogP contribution is -2.20. The van der Waals surface area contributed by atoms with Crippen LogP contribution < -0.4 is 5.43 Å². The first kappa shape index (κ1) is 10.4. The summed E-state index contributed by atoms with van der Waals surface area (Å²) < 4.78 is 0. The van der Waals surface area contributed by atoms with Gasteiger partial charge in [0.25, 0.3) is 5.91 Å². The predicted molar refractivity (Wildman–Crippen MR) is 54.0 cm³/mol. The molecule has 0 heterocycles. The molecule has 0 aliphatic rings. The number of rotatable bonds is 3. The largest absolute Gasteiger partial charge is 0.386 e. The van der Waals surface area contributed by atoms with Crippen LogP contribution in [0.15, 0.2) is 29.4 Å². The Balaban J connectivity index is 2.52. The third-order valence-electron chi connectivity index (χ3n) is 1.62. The fourth-order valence-corrected chi connectivity index (χ4v) is 0.867. The van der Waals surface area contributed by atoms with Crippen molar-refractivity contribution in [2.75, 3.05) is 6.61 Å². The Morgan fingerprint density at radius 2 is 2.14 bits per heavy atom. The molecule has 4 heteroatoms. The van der Waals surface area contributed by atoms with Crippen LogP contribution in [0.1, 0.15) is 11.1 Å². The average Bonchev–Trinajstić information content (AvgIpc) is 2.21. The van der Waals surface area contributed by atoms with E-state index >= 15 is 0 Å². The lowest BCUT2D eigenvalue weighted by atomic mass is 10.2. The molecule has 0 unspecified atom stereocenters. The summed E-state index contributed by atoms with van der Waals surface area (Å²) in [7, 11) is 0. The van der Waals surface area contributed by atoms with Crippen molar-refractivity contribution in [1.82, 2.24) is 5.43 Å². The Bertz CT molecular complexity index is 330. The number of carbonyl (C=O) groups excluding carboxylic acids is 1. The molecule has 0 saturated heterocycles. The van der Waals surface area contributed by atoms with E-state index in [0.29, 0.717) is 0 Å². The van der Waals surface area contributed by atoms with Crippen molar-refractivity contribution < 1.29 is 9.90 Å². The van der Waals surface area contributed by atoms with Gasteiger partial charge in [0.05, 0.1) is 6.21 Å². The minimum Gasteiger partial charge on any atom is -0.386 e. The number of nitrogens with zero attached hydrogens (tertiary/aromatic N) is 1. The van der Waals surface area contributed by atoms with Gasteiger partial charge in [0.1, 0.15) is 6.61 Å². The maximum absolute atomic E-state index is 10.6. The predicted octanol–water partition coefficient (Wildman–Crippen LogP) is 0.437. The zero-order valence-electron chi connectivity index (χ0n) is 7.90. The van der Waals surface area contributed by atoms with Crippen LogP contribution in [0.5, 0.6) is 0 Å². The number of hydrogen-bond acceptors (Lipinski definition) is 3. The van der Waals surface area contributed by atoms with Crippen LogP contribution in [0.25, 0.3) is 0 Å². The van der Waals surface area contributed by atoms with Gasteiger partial charge in [-0.05, 0) is 12.5 Å². The van der Waals surface area contributed by atoms with Gasteiger partial charge in [-0.2, -0.15) is 5.10 Å². The molecule has 1 aromatic rings. The summed E-state index contributed by atoms with van der Waals surface area (Å²) in [6, 6.07) is 7.69. The van der Waals surface area contributed by atoms with Crippen LogP contribution in [0.4, 0.5) is 0 Å². The summed E-state index contributed by atoms with van der Waals surface area (Å²) >= 11 is 0. The second-order valence-corrected chi connectivity index (χ2v) is 2.86. The maximum atomic E-state index is 10.6. The number of aliphatic hydroxyl groups is 1. The summed E-state index contributed by atoms with van der Waals surface area (Å²) in [5, 5.41) is 12.0. The van der Waals surface area contributed by atoms with Crippen molar-refractivity contribution in [2.24, 2.45) is 5.10 Å². The fraction of sp³-hybridized carbons (Fsp3) is 0.200. The fourth-order valence-electron chi connectivity index (χ4n) is 0.867. The minimum atomic E-state index is -0.550. The van der Waals surface area contributed by atoms with Gasteiger partial charge in [-0.1, -0.05) is 29.8 Å². The van der Waals surface area contributed by atoms with Gasteiger partial charge in [0.15, 0.2) is 0 Å². The third-order valence-corrected chi connectivity index (χ3v) is 1.62. The van der Waals surface area contributed by atoms with E-state index < -0.39 is 12.5 Å². The van der Waals surface area contributed by atoms with Gasteiger partial charge in [-0.3, -0.25) is 4.79 Å². The van der Waals surface area contributed by atoms with Crippen LogP contribution in [-0.4, -0.2) is 23.8 Å². The standard InChI is InChI=1S/C10H12N2O2/c1-8-2-4-9(5-3-8)6-11-12-10(14)7-13/h2-6,13H,7H2,1H3,(H,12,14)/b11-6-. The van der Waals surface area contributed by atoms with E-state index in [1.807, 2.05) is 31.2 Å². The number of aliphatic hydroxyl groups excluding tert-OH is 1. The Morgan fingerprint density at radius 1 is 1.50 bits per heavy atom. The molecular formula is C10H12N2O2. The monoisotopic (exact) mass is 192 g/mol. The summed E-state index contributed by atoms with van der Waals surface area (Å²) in [5.74, 6) is -0.520. The van der Waals surface area contributed by atoms with E-state index in [-0.39, 0.29) is 0 Å². The first-order chi connectivity index (χ1) is 6.72. The van der Waals surface area contributed by atoms with Crippen molar-refractivity contribution >= 4 is 12.1 Å². The molecule has 0 aromatic heterocycles. The molecule has 4 nitrogen and oxygen atoms in total. The molecule has 0 saturated carbocycles. The summed E-state index contributed by atoms with van der Waals surface area (Å²) in [4.78, 5) is 10.6. The van der Waals surface area contributed by atoms with E-state index in [0.717, 1.165) is 5.56 Å². The quantitative estimate of drug-likeness (QED) is 0.539. The van der Waals surface area contributed by atoms with Gasteiger partial charge in [-0.25, -0.2) is 5.43 Å². The van der Waals surface area contributed by atoms with Crippen LogP contribution in [-0.2, 0) is 4.79 Å². The highest BCUT2D eigenvalue weighted by atomic mass is 16.3. The Kier molecular flexibility index (Phi) is 3.82. The van der Waals surface area contributed by atoms with Crippen molar-refractivity contribution in [3.05, 3.63) is 35.4 Å². The summed E-state index contributed by atoms with van der Waals surface area (Å²) in [6.45, 7) is 1.44. The Hall–Kier alpha value is -1.68. The van der Waals surface area contributed by atoms with Gasteiger partial charge < -0.3 is 5.11 Å². The molecule has 1 rings (SSSR count). The molecule has 0 aliphatic carbocycles. The highest BCUT2D eigenvalue weighted by Gasteiger charge is 1.92. The molecule has 0 fully saturated rings. The molecule has 1 aromatic carbocycles. The highest BCUT2D eigenvalue weighted by molar-refractivity contribution is 5.82. The van der Waals surface area contributed by atoms with E-state index in [4.69, 9.17) is 5.11 Å². The molecule has 74 valence electrons. The first-order valence-electron chi connectivity index (χ1n) is 4.22. The summed E-state index contributed by atoms with van der Waals surface area (Å²) in [5.41, 5.74) is 4.24. The average molecular weight is 192 g/mol. The number of aryl methyl sites for hydroxylation is 1. The van der Waals surface area contributed by atoms with Gasteiger partial charge >= 0.3 is 0 Å². The van der Waals surface area contributed by atoms with E-state index in [1.165, 1.54) is 11.8 Å². The van der Waals surface area contributed by atoms with Crippen molar-refractivity contribution in [3.63, 3.8) is 0 Å². The molecule has 0 bridgehead atoms. The second-order valence-electron chi connectivity index (χ2n) is 2.86. The molecule has 1 amide bonds. The van der Waals surface area contributed by atoms with Crippen molar-refractivity contribution in [1.29, 1.82) is 0 Å². The van der Waals surface area contributed by atoms with Crippen LogP contribution >= 0.6 is 0 Å². The molecule has 2 N–H and O–H groups in total. The van der Waals surface area contributed by atoms with Crippen LogP contribution in [0.2, 0.25) is 0 Å². The lowest BCUT2D eigenvalue weighted by Gasteiger charge is -1.95. The summed E-state index contributed by atoms with van der Waals surface area (Å²) in [6.07, 6.45) is 1.52. The number of hydrogen-bond donors (Lipinski definition) is 2. The SMILES string of the molecule is Cc1ccc(/C=N\NC(=O)CO)cc1. The number of amides is 1. The van der Waals surface area contributed by atoms with E-state index in [9.17, 15) is 4.79 Å². The smallest absolute Gasteiger partial charge is 0.265 e. The van der Waals surface area contributed by atoms with Gasteiger partial charge in [-0.15, -0.1) is 0 Å².